The molecule has 0 atom stereocenters. The van der Waals surface area contributed by atoms with Gasteiger partial charge < -0.3 is 14.5 Å². The van der Waals surface area contributed by atoms with Crippen LogP contribution in [-0.2, 0) is 9.59 Å². The monoisotopic (exact) mass is 413 g/mol. The number of rotatable bonds is 10. The number of halogens is 1. The highest BCUT2D eigenvalue weighted by molar-refractivity contribution is 6.30. The SMILES string of the molecule is CN(CCOc1ccc(Cl)cc1)C(=O)CCC(=O)N(CCC#N)c1ccccc1. The van der Waals surface area contributed by atoms with Gasteiger partial charge in [0.05, 0.1) is 19.0 Å². The van der Waals surface area contributed by atoms with Crippen molar-refractivity contribution < 1.29 is 14.3 Å². The summed E-state index contributed by atoms with van der Waals surface area (Å²) in [5, 5.41) is 9.48. The quantitative estimate of drug-likeness (QED) is 0.592. The summed E-state index contributed by atoms with van der Waals surface area (Å²) < 4.78 is 5.59. The Morgan fingerprint density at radius 2 is 1.66 bits per heavy atom. The molecule has 2 amide bonds. The molecule has 0 saturated heterocycles. The number of amides is 2. The average Bonchev–Trinajstić information content (AvgIpc) is 2.74. The first kappa shape index (κ1) is 22.3. The van der Waals surface area contributed by atoms with Crippen molar-refractivity contribution in [3.63, 3.8) is 0 Å². The van der Waals surface area contributed by atoms with Gasteiger partial charge in [0.1, 0.15) is 12.4 Å². The number of nitriles is 1. The maximum atomic E-state index is 12.6. The van der Waals surface area contributed by atoms with E-state index < -0.39 is 0 Å². The highest BCUT2D eigenvalue weighted by atomic mass is 35.5. The molecule has 0 aliphatic rings. The van der Waals surface area contributed by atoms with Crippen LogP contribution in [0, 0.1) is 11.3 Å². The van der Waals surface area contributed by atoms with Crippen LogP contribution in [0.5, 0.6) is 5.75 Å². The van der Waals surface area contributed by atoms with Crippen LogP contribution < -0.4 is 9.64 Å². The van der Waals surface area contributed by atoms with Gasteiger partial charge in [-0.1, -0.05) is 29.8 Å². The van der Waals surface area contributed by atoms with Crippen molar-refractivity contribution in [2.75, 3.05) is 31.6 Å². The maximum absolute atomic E-state index is 12.6. The Morgan fingerprint density at radius 3 is 2.31 bits per heavy atom. The van der Waals surface area contributed by atoms with E-state index in [0.717, 1.165) is 5.69 Å². The Balaban J connectivity index is 1.80. The van der Waals surface area contributed by atoms with Crippen molar-refractivity contribution in [2.45, 2.75) is 19.3 Å². The van der Waals surface area contributed by atoms with Crippen LogP contribution in [0.3, 0.4) is 0 Å². The van der Waals surface area contributed by atoms with E-state index in [1.54, 1.807) is 41.1 Å². The van der Waals surface area contributed by atoms with E-state index in [9.17, 15) is 9.59 Å². The Kier molecular flexibility index (Phi) is 9.00. The summed E-state index contributed by atoms with van der Waals surface area (Å²) in [7, 11) is 1.68. The van der Waals surface area contributed by atoms with Crippen LogP contribution >= 0.6 is 11.6 Å². The molecule has 0 N–H and O–H groups in total. The van der Waals surface area contributed by atoms with Crippen molar-refractivity contribution in [1.82, 2.24) is 4.90 Å². The Morgan fingerprint density at radius 1 is 1.00 bits per heavy atom. The number of hydrogen-bond acceptors (Lipinski definition) is 4. The van der Waals surface area contributed by atoms with Gasteiger partial charge in [0, 0.05) is 37.1 Å². The number of nitrogens with zero attached hydrogens (tertiary/aromatic N) is 3. The fourth-order valence-electron chi connectivity index (χ4n) is 2.66. The molecule has 2 rings (SSSR count). The van der Waals surface area contributed by atoms with Crippen molar-refractivity contribution in [3.05, 3.63) is 59.6 Å². The van der Waals surface area contributed by atoms with Gasteiger partial charge in [-0.2, -0.15) is 5.26 Å². The molecule has 0 spiro atoms. The molecule has 0 aliphatic carbocycles. The third-order valence-corrected chi connectivity index (χ3v) is 4.56. The third-order valence-electron chi connectivity index (χ3n) is 4.30. The second-order valence-corrected chi connectivity index (χ2v) is 6.84. The van der Waals surface area contributed by atoms with E-state index in [1.165, 1.54) is 0 Å². The smallest absolute Gasteiger partial charge is 0.227 e. The first-order valence-corrected chi connectivity index (χ1v) is 9.73. The van der Waals surface area contributed by atoms with Gasteiger partial charge in [-0.05, 0) is 36.4 Å². The summed E-state index contributed by atoms with van der Waals surface area (Å²) in [6.45, 7) is 1.06. The molecule has 0 fully saturated rings. The van der Waals surface area contributed by atoms with Crippen LogP contribution in [0.1, 0.15) is 19.3 Å². The lowest BCUT2D eigenvalue weighted by Crippen LogP contribution is -2.34. The molecule has 0 bridgehead atoms. The minimum atomic E-state index is -0.175. The van der Waals surface area contributed by atoms with E-state index in [2.05, 4.69) is 6.07 Å². The van der Waals surface area contributed by atoms with E-state index in [0.29, 0.717) is 30.5 Å². The molecule has 0 aromatic heterocycles. The fourth-order valence-corrected chi connectivity index (χ4v) is 2.79. The number of ether oxygens (including phenoxy) is 1. The second kappa shape index (κ2) is 11.7. The first-order valence-electron chi connectivity index (χ1n) is 9.36. The minimum Gasteiger partial charge on any atom is -0.492 e. The normalized spacial score (nSPS) is 10.1. The van der Waals surface area contributed by atoms with Gasteiger partial charge in [0.15, 0.2) is 0 Å². The van der Waals surface area contributed by atoms with Gasteiger partial charge in [0.2, 0.25) is 11.8 Å². The molecular formula is C22H24ClN3O3. The molecule has 2 aromatic rings. The number of benzene rings is 2. The second-order valence-electron chi connectivity index (χ2n) is 6.41. The molecule has 7 heteroatoms. The van der Waals surface area contributed by atoms with Crippen molar-refractivity contribution >= 4 is 29.1 Å². The van der Waals surface area contributed by atoms with Crippen molar-refractivity contribution in [3.8, 4) is 11.8 Å². The van der Waals surface area contributed by atoms with Gasteiger partial charge in [-0.15, -0.1) is 0 Å². The van der Waals surface area contributed by atoms with Crippen LogP contribution in [-0.4, -0.2) is 43.5 Å². The Labute approximate surface area is 176 Å². The molecule has 0 unspecified atom stereocenters. The zero-order chi connectivity index (χ0) is 21.1. The lowest BCUT2D eigenvalue weighted by molar-refractivity contribution is -0.132. The first-order chi connectivity index (χ1) is 14.0. The highest BCUT2D eigenvalue weighted by Gasteiger charge is 2.18. The maximum Gasteiger partial charge on any atom is 0.227 e. The van der Waals surface area contributed by atoms with E-state index in [1.807, 2.05) is 30.3 Å². The van der Waals surface area contributed by atoms with Gasteiger partial charge in [-0.25, -0.2) is 0 Å². The van der Waals surface area contributed by atoms with Crippen LogP contribution in [0.25, 0.3) is 0 Å². The number of anilines is 1. The van der Waals surface area contributed by atoms with E-state index in [4.69, 9.17) is 21.6 Å². The summed E-state index contributed by atoms with van der Waals surface area (Å²) in [6.07, 6.45) is 0.421. The molecule has 6 nitrogen and oxygen atoms in total. The Bertz CT molecular complexity index is 835. The molecule has 2 aromatic carbocycles. The van der Waals surface area contributed by atoms with Crippen molar-refractivity contribution in [1.29, 1.82) is 5.26 Å². The number of para-hydroxylation sites is 1. The van der Waals surface area contributed by atoms with Crippen molar-refractivity contribution in [2.24, 2.45) is 0 Å². The molecule has 29 heavy (non-hydrogen) atoms. The predicted molar refractivity (Wildman–Crippen MR) is 113 cm³/mol. The lowest BCUT2D eigenvalue weighted by atomic mass is 10.2. The summed E-state index contributed by atoms with van der Waals surface area (Å²) in [5.41, 5.74) is 0.727. The van der Waals surface area contributed by atoms with Gasteiger partial charge >= 0.3 is 0 Å². The molecule has 0 heterocycles. The third kappa shape index (κ3) is 7.47. The van der Waals surface area contributed by atoms with E-state index >= 15 is 0 Å². The summed E-state index contributed by atoms with van der Waals surface area (Å²) >= 11 is 5.83. The molecule has 0 aliphatic heterocycles. The van der Waals surface area contributed by atoms with Gasteiger partial charge in [-0.3, -0.25) is 9.59 Å². The van der Waals surface area contributed by atoms with E-state index in [-0.39, 0.29) is 31.1 Å². The van der Waals surface area contributed by atoms with Crippen LogP contribution in [0.4, 0.5) is 5.69 Å². The number of likely N-dealkylation sites (N-methyl/N-ethyl adjacent to an activating group) is 1. The Hall–Kier alpha value is -3.04. The topological polar surface area (TPSA) is 73.6 Å². The fraction of sp³-hybridized carbons (Fsp3) is 0.318. The van der Waals surface area contributed by atoms with Crippen LogP contribution in [0.2, 0.25) is 5.02 Å². The lowest BCUT2D eigenvalue weighted by Gasteiger charge is -2.22. The summed E-state index contributed by atoms with van der Waals surface area (Å²) in [6, 6.07) is 18.2. The summed E-state index contributed by atoms with van der Waals surface area (Å²) in [5.74, 6) is 0.374. The highest BCUT2D eigenvalue weighted by Crippen LogP contribution is 2.17. The number of carbonyl (C=O) groups excluding carboxylic acids is 2. The standard InChI is InChI=1S/C22H24ClN3O3/c1-25(16-17-29-20-10-8-18(23)9-11-20)21(27)12-13-22(28)26(15-5-14-24)19-6-3-2-4-7-19/h2-4,6-11H,5,12-13,15-17H2,1H3. The summed E-state index contributed by atoms with van der Waals surface area (Å²) in [4.78, 5) is 28.1. The number of hydrogen-bond donors (Lipinski definition) is 0. The largest absolute Gasteiger partial charge is 0.492 e. The molecule has 0 saturated carbocycles. The average molecular weight is 414 g/mol. The predicted octanol–water partition coefficient (Wildman–Crippen LogP) is 3.90. The zero-order valence-electron chi connectivity index (χ0n) is 16.4. The zero-order valence-corrected chi connectivity index (χ0v) is 17.1. The van der Waals surface area contributed by atoms with Crippen LogP contribution in [0.15, 0.2) is 54.6 Å². The molecule has 0 radical (unpaired) electrons. The minimum absolute atomic E-state index is 0.0849. The molecular weight excluding hydrogens is 390 g/mol. The van der Waals surface area contributed by atoms with Gasteiger partial charge in [0.25, 0.3) is 0 Å². The molecule has 152 valence electrons. The number of carbonyl (C=O) groups is 2.